The highest BCUT2D eigenvalue weighted by molar-refractivity contribution is 7.80. The fourth-order valence-corrected chi connectivity index (χ4v) is 3.37. The lowest BCUT2D eigenvalue weighted by molar-refractivity contribution is 0.668. The Balaban J connectivity index is 1.77. The van der Waals surface area contributed by atoms with Crippen molar-refractivity contribution >= 4 is 34.4 Å². The lowest BCUT2D eigenvalue weighted by Gasteiger charge is -2.19. The largest absolute Gasteiger partial charge is 0.389 e. The van der Waals surface area contributed by atoms with Gasteiger partial charge in [0.05, 0.1) is 16.8 Å². The number of nitrogens with two attached hydrogens (primary N) is 1. The fraction of sp³-hybridized carbons (Fsp3) is 0.400. The van der Waals surface area contributed by atoms with Gasteiger partial charge in [0.1, 0.15) is 10.8 Å². The summed E-state index contributed by atoms with van der Waals surface area (Å²) in [5.74, 6) is 0.818. The summed E-state index contributed by atoms with van der Waals surface area (Å²) >= 11 is 6.79. The first-order valence-corrected chi connectivity index (χ1v) is 8.52. The molecule has 0 saturated heterocycles. The molecule has 0 spiro atoms. The van der Waals surface area contributed by atoms with E-state index in [0.29, 0.717) is 4.99 Å². The second kappa shape index (κ2) is 6.49. The van der Waals surface area contributed by atoms with Gasteiger partial charge in [0.25, 0.3) is 0 Å². The molecule has 3 rings (SSSR count). The second-order valence-electron chi connectivity index (χ2n) is 5.22. The van der Waals surface area contributed by atoms with Crippen molar-refractivity contribution in [3.63, 3.8) is 0 Å². The molecule has 0 bridgehead atoms. The summed E-state index contributed by atoms with van der Waals surface area (Å²) in [6, 6.07) is 2.12. The van der Waals surface area contributed by atoms with Crippen LogP contribution in [0.25, 0.3) is 0 Å². The summed E-state index contributed by atoms with van der Waals surface area (Å²) in [4.78, 5) is 9.45. The summed E-state index contributed by atoms with van der Waals surface area (Å²) in [6.45, 7) is 0.783. The molecule has 0 radical (unpaired) electrons. The highest BCUT2D eigenvalue weighted by Gasteiger charge is 2.16. The molecular weight excluding hydrogens is 300 g/mol. The Kier molecular flexibility index (Phi) is 4.45. The third-order valence-electron chi connectivity index (χ3n) is 3.72. The number of thiazole rings is 1. The van der Waals surface area contributed by atoms with Gasteiger partial charge >= 0.3 is 0 Å². The first kappa shape index (κ1) is 14.4. The van der Waals surface area contributed by atoms with Crippen LogP contribution in [-0.2, 0) is 19.3 Å². The van der Waals surface area contributed by atoms with Crippen molar-refractivity contribution < 1.29 is 0 Å². The zero-order chi connectivity index (χ0) is 14.7. The van der Waals surface area contributed by atoms with E-state index in [0.717, 1.165) is 42.9 Å². The number of pyridine rings is 1. The number of aromatic nitrogens is 2. The molecule has 1 aliphatic rings. The number of fused-ring (bicyclic) bond motifs is 1. The van der Waals surface area contributed by atoms with E-state index >= 15 is 0 Å². The highest BCUT2D eigenvalue weighted by atomic mass is 32.1. The van der Waals surface area contributed by atoms with Gasteiger partial charge in [-0.1, -0.05) is 12.2 Å². The minimum Gasteiger partial charge on any atom is -0.389 e. The third kappa shape index (κ3) is 3.39. The number of nitrogens with one attached hydrogen (secondary N) is 1. The monoisotopic (exact) mass is 318 g/mol. The molecular formula is C15H18N4S2. The van der Waals surface area contributed by atoms with Crippen molar-refractivity contribution in [2.24, 2.45) is 5.73 Å². The van der Waals surface area contributed by atoms with E-state index in [1.54, 1.807) is 11.3 Å². The van der Waals surface area contributed by atoms with Gasteiger partial charge in [-0.2, -0.15) is 0 Å². The molecule has 1 aliphatic carbocycles. The molecule has 0 atom stereocenters. The van der Waals surface area contributed by atoms with Crippen molar-refractivity contribution in [2.45, 2.75) is 32.1 Å². The van der Waals surface area contributed by atoms with E-state index in [1.807, 2.05) is 5.51 Å². The number of rotatable bonds is 5. The van der Waals surface area contributed by atoms with Gasteiger partial charge in [-0.3, -0.25) is 0 Å². The predicted molar refractivity (Wildman–Crippen MR) is 91.1 cm³/mol. The lowest BCUT2D eigenvalue weighted by Crippen LogP contribution is -2.19. The number of anilines is 1. The van der Waals surface area contributed by atoms with Gasteiger partial charge in [-0.25, -0.2) is 9.97 Å². The van der Waals surface area contributed by atoms with Gasteiger partial charge in [0, 0.05) is 24.0 Å². The van der Waals surface area contributed by atoms with Crippen LogP contribution in [0.15, 0.2) is 17.0 Å². The number of nitrogens with zero attached hydrogens (tertiary/aromatic N) is 2. The molecule has 0 saturated carbocycles. The predicted octanol–water partition coefficient (Wildman–Crippen LogP) is 2.71. The molecule has 6 heteroatoms. The Morgan fingerprint density at radius 2 is 2.24 bits per heavy atom. The molecule has 3 N–H and O–H groups in total. The molecule has 2 aromatic heterocycles. The smallest absolute Gasteiger partial charge is 0.136 e. The van der Waals surface area contributed by atoms with Crippen molar-refractivity contribution in [1.82, 2.24) is 9.97 Å². The van der Waals surface area contributed by atoms with Crippen LogP contribution in [0.2, 0.25) is 0 Å². The van der Waals surface area contributed by atoms with Gasteiger partial charge in [0.15, 0.2) is 0 Å². The van der Waals surface area contributed by atoms with Crippen molar-refractivity contribution in [1.29, 1.82) is 0 Å². The molecule has 0 aromatic carbocycles. The van der Waals surface area contributed by atoms with Crippen molar-refractivity contribution in [2.75, 3.05) is 11.9 Å². The maximum Gasteiger partial charge on any atom is 0.136 e. The van der Waals surface area contributed by atoms with Crippen LogP contribution in [0, 0.1) is 0 Å². The number of hydrogen-bond donors (Lipinski definition) is 2. The number of aryl methyl sites for hydroxylation is 2. The Morgan fingerprint density at radius 3 is 3.00 bits per heavy atom. The maximum absolute atomic E-state index is 5.85. The Morgan fingerprint density at radius 1 is 1.38 bits per heavy atom. The average Bonchev–Trinajstić information content (AvgIpc) is 2.99. The molecule has 0 fully saturated rings. The summed E-state index contributed by atoms with van der Waals surface area (Å²) in [5, 5.41) is 5.43. The SMILES string of the molecule is NC(=S)c1cc2c(nc1NCCc1cscn1)CCCC2. The molecule has 2 heterocycles. The average molecular weight is 318 g/mol. The topological polar surface area (TPSA) is 63.8 Å². The molecule has 110 valence electrons. The van der Waals surface area contributed by atoms with Gasteiger partial charge in [0.2, 0.25) is 0 Å². The fourth-order valence-electron chi connectivity index (χ4n) is 2.63. The van der Waals surface area contributed by atoms with E-state index in [-0.39, 0.29) is 0 Å². The van der Waals surface area contributed by atoms with Crippen LogP contribution < -0.4 is 11.1 Å². The van der Waals surface area contributed by atoms with Crippen LogP contribution in [0.5, 0.6) is 0 Å². The zero-order valence-electron chi connectivity index (χ0n) is 11.8. The van der Waals surface area contributed by atoms with Crippen LogP contribution in [0.4, 0.5) is 5.82 Å². The van der Waals surface area contributed by atoms with E-state index in [2.05, 4.69) is 21.7 Å². The molecule has 2 aromatic rings. The van der Waals surface area contributed by atoms with E-state index in [9.17, 15) is 0 Å². The zero-order valence-corrected chi connectivity index (χ0v) is 13.4. The number of thiocarbonyl (C=S) groups is 1. The summed E-state index contributed by atoms with van der Waals surface area (Å²) in [7, 11) is 0. The Hall–Kier alpha value is -1.53. The van der Waals surface area contributed by atoms with Gasteiger partial charge in [-0.05, 0) is 37.3 Å². The Labute approximate surface area is 133 Å². The maximum atomic E-state index is 5.85. The van der Waals surface area contributed by atoms with E-state index in [1.165, 1.54) is 24.1 Å². The van der Waals surface area contributed by atoms with Crippen LogP contribution in [0.3, 0.4) is 0 Å². The third-order valence-corrected chi connectivity index (χ3v) is 4.58. The normalized spacial score (nSPS) is 13.7. The summed E-state index contributed by atoms with van der Waals surface area (Å²) in [6.07, 6.45) is 5.44. The van der Waals surface area contributed by atoms with E-state index < -0.39 is 0 Å². The highest BCUT2D eigenvalue weighted by Crippen LogP contribution is 2.24. The summed E-state index contributed by atoms with van der Waals surface area (Å²) < 4.78 is 0. The van der Waals surface area contributed by atoms with Crippen molar-refractivity contribution in [3.8, 4) is 0 Å². The first-order valence-electron chi connectivity index (χ1n) is 7.17. The minimum absolute atomic E-state index is 0.409. The van der Waals surface area contributed by atoms with Crippen molar-refractivity contribution in [3.05, 3.63) is 39.5 Å². The Bertz CT molecular complexity index is 637. The molecule has 0 aliphatic heterocycles. The first-order chi connectivity index (χ1) is 10.2. The summed E-state index contributed by atoms with van der Waals surface area (Å²) in [5.41, 5.74) is 12.2. The minimum atomic E-state index is 0.409. The number of hydrogen-bond acceptors (Lipinski definition) is 5. The molecule has 0 amide bonds. The van der Waals surface area contributed by atoms with Crippen LogP contribution in [-0.4, -0.2) is 21.5 Å². The molecule has 0 unspecified atom stereocenters. The van der Waals surface area contributed by atoms with E-state index in [4.69, 9.17) is 22.9 Å². The van der Waals surface area contributed by atoms with Crippen LogP contribution in [0.1, 0.15) is 35.4 Å². The van der Waals surface area contributed by atoms with Gasteiger partial charge in [-0.15, -0.1) is 11.3 Å². The van der Waals surface area contributed by atoms with Gasteiger partial charge < -0.3 is 11.1 Å². The van der Waals surface area contributed by atoms with Crippen LogP contribution >= 0.6 is 23.6 Å². The lowest BCUT2D eigenvalue weighted by atomic mass is 9.94. The second-order valence-corrected chi connectivity index (χ2v) is 6.38. The molecule has 21 heavy (non-hydrogen) atoms. The molecule has 4 nitrogen and oxygen atoms in total. The standard InChI is InChI=1S/C15H18N4S2/c16-14(20)12-7-10-3-1-2-4-13(10)19-15(12)17-6-5-11-8-21-9-18-11/h7-9H,1-6H2,(H2,16,20)(H,17,19). The quantitative estimate of drug-likeness (QED) is 0.830.